The summed E-state index contributed by atoms with van der Waals surface area (Å²) in [6.45, 7) is 3.39. The molecule has 5 heteroatoms. The predicted octanol–water partition coefficient (Wildman–Crippen LogP) is 2.69. The second-order valence-corrected chi connectivity index (χ2v) is 4.12. The van der Waals surface area contributed by atoms with Crippen molar-refractivity contribution in [1.29, 1.82) is 0 Å². The predicted molar refractivity (Wildman–Crippen MR) is 70.3 cm³/mol. The van der Waals surface area contributed by atoms with E-state index in [-0.39, 0.29) is 17.4 Å². The van der Waals surface area contributed by atoms with E-state index in [1.54, 1.807) is 30.3 Å². The molecular weight excluding hydrogens is 244 g/mol. The molecular formula is C14H14N2O3. The minimum Gasteiger partial charge on any atom is -0.361 e. The topological polar surface area (TPSA) is 72.2 Å². The Bertz CT molecular complexity index is 617. The van der Waals surface area contributed by atoms with Crippen LogP contribution in [0.5, 0.6) is 0 Å². The van der Waals surface area contributed by atoms with Crippen LogP contribution >= 0.6 is 0 Å². The van der Waals surface area contributed by atoms with Gasteiger partial charge in [-0.25, -0.2) is 0 Å². The number of carbonyl (C=O) groups is 2. The molecule has 1 aromatic heterocycles. The molecule has 1 aromatic carbocycles. The van der Waals surface area contributed by atoms with Crippen LogP contribution in [-0.4, -0.2) is 16.8 Å². The lowest BCUT2D eigenvalue weighted by molar-refractivity contribution is 0.100. The van der Waals surface area contributed by atoms with Crippen molar-refractivity contribution in [1.82, 2.24) is 5.16 Å². The number of Topliss-reactive ketones (excluding diaryl/α,β-unsaturated/α-hetero) is 1. The number of ketones is 1. The lowest BCUT2D eigenvalue weighted by Gasteiger charge is -2.03. The second-order valence-electron chi connectivity index (χ2n) is 4.12. The molecule has 5 nitrogen and oxygen atoms in total. The highest BCUT2D eigenvalue weighted by molar-refractivity contribution is 6.03. The summed E-state index contributed by atoms with van der Waals surface area (Å²) in [5, 5.41) is 6.36. The average molecular weight is 258 g/mol. The van der Waals surface area contributed by atoms with E-state index < -0.39 is 0 Å². The van der Waals surface area contributed by atoms with Crippen molar-refractivity contribution in [3.8, 4) is 0 Å². The summed E-state index contributed by atoms with van der Waals surface area (Å²) in [7, 11) is 0. The fourth-order valence-electron chi connectivity index (χ4n) is 1.60. The maximum absolute atomic E-state index is 11.9. The summed E-state index contributed by atoms with van der Waals surface area (Å²) in [6, 6.07) is 8.35. The third kappa shape index (κ3) is 3.07. The van der Waals surface area contributed by atoms with Gasteiger partial charge >= 0.3 is 0 Å². The Labute approximate surface area is 110 Å². The molecule has 1 heterocycles. The zero-order valence-electron chi connectivity index (χ0n) is 10.8. The number of rotatable bonds is 4. The van der Waals surface area contributed by atoms with Crippen molar-refractivity contribution in [3.05, 3.63) is 47.3 Å². The van der Waals surface area contributed by atoms with E-state index >= 15 is 0 Å². The Morgan fingerprint density at radius 2 is 2.11 bits per heavy atom. The Balaban J connectivity index is 2.14. The first-order valence-electron chi connectivity index (χ1n) is 5.98. The minimum absolute atomic E-state index is 0.0502. The van der Waals surface area contributed by atoms with Crippen LogP contribution in [0.4, 0.5) is 5.69 Å². The number of hydrogen-bond acceptors (Lipinski definition) is 4. The lowest BCUT2D eigenvalue weighted by Crippen LogP contribution is -2.12. The van der Waals surface area contributed by atoms with E-state index in [2.05, 4.69) is 10.5 Å². The van der Waals surface area contributed by atoms with Crippen LogP contribution in [0.15, 0.2) is 34.9 Å². The largest absolute Gasteiger partial charge is 0.361 e. The monoisotopic (exact) mass is 258 g/mol. The van der Waals surface area contributed by atoms with Gasteiger partial charge in [-0.05, 0) is 19.1 Å². The molecule has 0 unspecified atom stereocenters. The van der Waals surface area contributed by atoms with Crippen LogP contribution in [0.25, 0.3) is 0 Å². The maximum Gasteiger partial charge on any atom is 0.277 e. The van der Waals surface area contributed by atoms with Crippen molar-refractivity contribution in [3.63, 3.8) is 0 Å². The number of nitrogens with one attached hydrogen (secondary N) is 1. The highest BCUT2D eigenvalue weighted by atomic mass is 16.5. The van der Waals surface area contributed by atoms with Crippen molar-refractivity contribution < 1.29 is 14.1 Å². The molecule has 1 amide bonds. The van der Waals surface area contributed by atoms with Crippen LogP contribution in [0.3, 0.4) is 0 Å². The van der Waals surface area contributed by atoms with Gasteiger partial charge in [0.05, 0.1) is 0 Å². The van der Waals surface area contributed by atoms with Gasteiger partial charge in [0, 0.05) is 23.7 Å². The maximum atomic E-state index is 11.9. The van der Waals surface area contributed by atoms with Gasteiger partial charge in [-0.15, -0.1) is 0 Å². The fourth-order valence-corrected chi connectivity index (χ4v) is 1.60. The summed E-state index contributed by atoms with van der Waals surface area (Å²) in [5.41, 5.74) is 1.33. The van der Waals surface area contributed by atoms with Gasteiger partial charge in [-0.3, -0.25) is 9.59 Å². The van der Waals surface area contributed by atoms with E-state index in [0.29, 0.717) is 23.4 Å². The van der Waals surface area contributed by atoms with E-state index in [0.717, 1.165) is 0 Å². The lowest BCUT2D eigenvalue weighted by atomic mass is 10.1. The van der Waals surface area contributed by atoms with E-state index in [4.69, 9.17) is 4.52 Å². The Morgan fingerprint density at radius 3 is 2.74 bits per heavy atom. The first-order chi connectivity index (χ1) is 9.10. The van der Waals surface area contributed by atoms with Crippen LogP contribution in [0.2, 0.25) is 0 Å². The smallest absolute Gasteiger partial charge is 0.277 e. The van der Waals surface area contributed by atoms with Crippen LogP contribution in [0, 0.1) is 0 Å². The summed E-state index contributed by atoms with van der Waals surface area (Å²) in [6.07, 6.45) is 0.681. The number of anilines is 1. The standard InChI is InChI=1S/C14H14N2O3/c1-3-12-8-13(16-19-12)14(18)15-11-6-4-5-10(7-11)9(2)17/h4-8H,3H2,1-2H3,(H,15,18). The van der Waals surface area contributed by atoms with Gasteiger partial charge < -0.3 is 9.84 Å². The van der Waals surface area contributed by atoms with Gasteiger partial charge in [-0.1, -0.05) is 24.2 Å². The van der Waals surface area contributed by atoms with E-state index in [1.165, 1.54) is 6.92 Å². The van der Waals surface area contributed by atoms with Crippen molar-refractivity contribution >= 4 is 17.4 Å². The number of carbonyl (C=O) groups excluding carboxylic acids is 2. The van der Waals surface area contributed by atoms with Crippen LogP contribution in [-0.2, 0) is 6.42 Å². The third-order valence-corrected chi connectivity index (χ3v) is 2.67. The van der Waals surface area contributed by atoms with E-state index in [9.17, 15) is 9.59 Å². The zero-order valence-corrected chi connectivity index (χ0v) is 10.8. The van der Waals surface area contributed by atoms with Crippen molar-refractivity contribution in [2.24, 2.45) is 0 Å². The van der Waals surface area contributed by atoms with Crippen molar-refractivity contribution in [2.45, 2.75) is 20.3 Å². The number of amides is 1. The fraction of sp³-hybridized carbons (Fsp3) is 0.214. The first-order valence-corrected chi connectivity index (χ1v) is 5.98. The normalized spacial score (nSPS) is 10.2. The number of aromatic nitrogens is 1. The Kier molecular flexibility index (Phi) is 3.75. The molecule has 2 rings (SSSR count). The molecule has 0 aliphatic carbocycles. The molecule has 2 aromatic rings. The van der Waals surface area contributed by atoms with E-state index in [1.807, 2.05) is 6.92 Å². The summed E-state index contributed by atoms with van der Waals surface area (Å²) < 4.78 is 4.97. The van der Waals surface area contributed by atoms with Gasteiger partial charge in [0.2, 0.25) is 0 Å². The minimum atomic E-state index is -0.357. The number of aryl methyl sites for hydroxylation is 1. The zero-order chi connectivity index (χ0) is 13.8. The Morgan fingerprint density at radius 1 is 1.32 bits per heavy atom. The molecule has 0 spiro atoms. The summed E-state index contributed by atoms with van der Waals surface area (Å²) in [5.74, 6) is 0.248. The summed E-state index contributed by atoms with van der Waals surface area (Å²) >= 11 is 0. The molecule has 0 saturated carbocycles. The summed E-state index contributed by atoms with van der Waals surface area (Å²) in [4.78, 5) is 23.2. The van der Waals surface area contributed by atoms with Crippen LogP contribution in [0.1, 0.15) is 40.5 Å². The quantitative estimate of drug-likeness (QED) is 0.856. The molecule has 98 valence electrons. The van der Waals surface area contributed by atoms with Gasteiger partial charge in [0.1, 0.15) is 5.76 Å². The second kappa shape index (κ2) is 5.48. The SMILES string of the molecule is CCc1cc(C(=O)Nc2cccc(C(C)=O)c2)no1. The highest BCUT2D eigenvalue weighted by Crippen LogP contribution is 2.13. The van der Waals surface area contributed by atoms with Gasteiger partial charge in [0.25, 0.3) is 5.91 Å². The number of hydrogen-bond donors (Lipinski definition) is 1. The highest BCUT2D eigenvalue weighted by Gasteiger charge is 2.12. The first kappa shape index (κ1) is 13.0. The molecule has 19 heavy (non-hydrogen) atoms. The molecule has 0 radical (unpaired) electrons. The van der Waals surface area contributed by atoms with Crippen LogP contribution < -0.4 is 5.32 Å². The molecule has 0 bridgehead atoms. The van der Waals surface area contributed by atoms with Crippen molar-refractivity contribution in [2.75, 3.05) is 5.32 Å². The molecule has 0 atom stereocenters. The molecule has 0 fully saturated rings. The molecule has 0 aliphatic rings. The Hall–Kier alpha value is -2.43. The number of nitrogens with zero attached hydrogens (tertiary/aromatic N) is 1. The molecule has 1 N–H and O–H groups in total. The average Bonchev–Trinajstić information content (AvgIpc) is 2.88. The number of benzene rings is 1. The van der Waals surface area contributed by atoms with Gasteiger partial charge in [-0.2, -0.15) is 0 Å². The molecule has 0 saturated heterocycles. The van der Waals surface area contributed by atoms with Gasteiger partial charge in [0.15, 0.2) is 11.5 Å². The molecule has 0 aliphatic heterocycles. The third-order valence-electron chi connectivity index (χ3n) is 2.67.